The zero-order valence-corrected chi connectivity index (χ0v) is 14.3. The summed E-state index contributed by atoms with van der Waals surface area (Å²) in [6, 6.07) is 12.2. The number of sulfone groups is 1. The van der Waals surface area contributed by atoms with Crippen LogP contribution in [0.15, 0.2) is 47.1 Å². The minimum atomic E-state index is -2.89. The van der Waals surface area contributed by atoms with E-state index >= 15 is 0 Å². The van der Waals surface area contributed by atoms with Crippen LogP contribution in [0.3, 0.4) is 0 Å². The van der Waals surface area contributed by atoms with Gasteiger partial charge in [-0.1, -0.05) is 24.3 Å². The second-order valence-electron chi connectivity index (χ2n) is 6.51. The molecule has 0 amide bonds. The molecular formula is C18H23NO3S. The van der Waals surface area contributed by atoms with Crippen molar-refractivity contribution in [3.63, 3.8) is 0 Å². The lowest BCUT2D eigenvalue weighted by Gasteiger charge is -2.32. The fraction of sp³-hybridized carbons (Fsp3) is 0.444. The summed E-state index contributed by atoms with van der Waals surface area (Å²) in [7, 11) is -2.89. The molecule has 1 atom stereocenters. The highest BCUT2D eigenvalue weighted by Gasteiger charge is 2.23. The van der Waals surface area contributed by atoms with Gasteiger partial charge in [0.05, 0.1) is 12.0 Å². The van der Waals surface area contributed by atoms with Crippen LogP contribution in [-0.2, 0) is 16.4 Å². The van der Waals surface area contributed by atoms with Crippen molar-refractivity contribution >= 4 is 9.84 Å². The Bertz CT molecular complexity index is 720. The fourth-order valence-electron chi connectivity index (χ4n) is 3.33. The van der Waals surface area contributed by atoms with E-state index in [1.54, 1.807) is 6.26 Å². The summed E-state index contributed by atoms with van der Waals surface area (Å²) < 4.78 is 28.4. The first kappa shape index (κ1) is 16.3. The molecule has 1 aliphatic rings. The minimum absolute atomic E-state index is 0.265. The maximum absolute atomic E-state index is 11.5. The van der Waals surface area contributed by atoms with Gasteiger partial charge in [0.25, 0.3) is 0 Å². The molecule has 4 nitrogen and oxygen atoms in total. The lowest BCUT2D eigenvalue weighted by molar-refractivity contribution is 0.178. The first-order valence-electron chi connectivity index (χ1n) is 8.02. The molecule has 0 spiro atoms. The SMILES string of the molecule is CS(=O)(=O)C[C@H]1CCCN(Cc2ccc(-c3ccco3)cc2)C1. The van der Waals surface area contributed by atoms with Crippen LogP contribution in [0, 0.1) is 5.92 Å². The molecule has 2 aromatic rings. The van der Waals surface area contributed by atoms with Gasteiger partial charge in [-0.2, -0.15) is 0 Å². The van der Waals surface area contributed by atoms with Crippen molar-refractivity contribution in [1.29, 1.82) is 0 Å². The highest BCUT2D eigenvalue weighted by molar-refractivity contribution is 7.90. The van der Waals surface area contributed by atoms with Crippen molar-refractivity contribution in [1.82, 2.24) is 4.90 Å². The molecule has 0 bridgehead atoms. The van der Waals surface area contributed by atoms with E-state index < -0.39 is 9.84 Å². The van der Waals surface area contributed by atoms with Gasteiger partial charge in [0.1, 0.15) is 15.6 Å². The Kier molecular flexibility index (Phi) is 4.87. The quantitative estimate of drug-likeness (QED) is 0.843. The van der Waals surface area contributed by atoms with E-state index in [4.69, 9.17) is 4.42 Å². The third-order valence-corrected chi connectivity index (χ3v) is 5.38. The Hall–Kier alpha value is -1.59. The van der Waals surface area contributed by atoms with Gasteiger partial charge in [-0.25, -0.2) is 8.42 Å². The first-order chi connectivity index (χ1) is 11.0. The van der Waals surface area contributed by atoms with Crippen LogP contribution in [0.4, 0.5) is 0 Å². The second kappa shape index (κ2) is 6.89. The Morgan fingerprint density at radius 2 is 2.00 bits per heavy atom. The summed E-state index contributed by atoms with van der Waals surface area (Å²) in [6.07, 6.45) is 5.10. The zero-order chi connectivity index (χ0) is 16.3. The topological polar surface area (TPSA) is 50.5 Å². The van der Waals surface area contributed by atoms with E-state index in [1.807, 2.05) is 12.1 Å². The number of benzene rings is 1. The fourth-order valence-corrected chi connectivity index (χ4v) is 4.46. The van der Waals surface area contributed by atoms with Gasteiger partial charge >= 0.3 is 0 Å². The molecule has 1 aromatic carbocycles. The molecule has 1 aromatic heterocycles. The summed E-state index contributed by atoms with van der Waals surface area (Å²) in [5.41, 5.74) is 2.33. The zero-order valence-electron chi connectivity index (χ0n) is 13.4. The maximum atomic E-state index is 11.5. The smallest absolute Gasteiger partial charge is 0.147 e. The standard InChI is InChI=1S/C18H23NO3S/c1-23(20,21)14-16-4-2-10-19(13-16)12-15-6-8-17(9-7-15)18-5-3-11-22-18/h3,5-9,11,16H,2,4,10,12-14H2,1H3/t16-/m0/s1. The van der Waals surface area contributed by atoms with Gasteiger partial charge in [-0.15, -0.1) is 0 Å². The van der Waals surface area contributed by atoms with Crippen molar-refractivity contribution in [2.75, 3.05) is 25.1 Å². The lowest BCUT2D eigenvalue weighted by atomic mass is 9.99. The second-order valence-corrected chi connectivity index (χ2v) is 8.69. The van der Waals surface area contributed by atoms with Gasteiger partial charge in [-0.3, -0.25) is 4.90 Å². The molecule has 0 aliphatic carbocycles. The number of hydrogen-bond donors (Lipinski definition) is 0. The van der Waals surface area contributed by atoms with E-state index in [-0.39, 0.29) is 5.92 Å². The van der Waals surface area contributed by atoms with Crippen molar-refractivity contribution in [3.8, 4) is 11.3 Å². The monoisotopic (exact) mass is 333 g/mol. The molecular weight excluding hydrogens is 310 g/mol. The molecule has 1 aliphatic heterocycles. The first-order valence-corrected chi connectivity index (χ1v) is 10.1. The van der Waals surface area contributed by atoms with Crippen LogP contribution >= 0.6 is 0 Å². The van der Waals surface area contributed by atoms with Gasteiger partial charge in [0.2, 0.25) is 0 Å². The molecule has 3 rings (SSSR count). The third kappa shape index (κ3) is 4.69. The maximum Gasteiger partial charge on any atom is 0.147 e. The van der Waals surface area contributed by atoms with E-state index in [1.165, 1.54) is 11.8 Å². The van der Waals surface area contributed by atoms with Crippen LogP contribution in [0.5, 0.6) is 0 Å². The van der Waals surface area contributed by atoms with E-state index in [2.05, 4.69) is 29.2 Å². The Balaban J connectivity index is 1.60. The molecule has 1 fully saturated rings. The normalized spacial score (nSPS) is 19.8. The third-order valence-electron chi connectivity index (χ3n) is 4.31. The minimum Gasteiger partial charge on any atom is -0.464 e. The average Bonchev–Trinajstić information content (AvgIpc) is 3.01. The van der Waals surface area contributed by atoms with Crippen molar-refractivity contribution in [3.05, 3.63) is 48.2 Å². The van der Waals surface area contributed by atoms with Crippen LogP contribution in [0.2, 0.25) is 0 Å². The van der Waals surface area contributed by atoms with E-state index in [9.17, 15) is 8.42 Å². The molecule has 124 valence electrons. The molecule has 0 radical (unpaired) electrons. The summed E-state index contributed by atoms with van der Waals surface area (Å²) in [5, 5.41) is 0. The number of furan rings is 1. The number of nitrogens with zero attached hydrogens (tertiary/aromatic N) is 1. The van der Waals surface area contributed by atoms with Crippen LogP contribution in [0.25, 0.3) is 11.3 Å². The Morgan fingerprint density at radius 1 is 1.22 bits per heavy atom. The molecule has 23 heavy (non-hydrogen) atoms. The van der Waals surface area contributed by atoms with Gasteiger partial charge < -0.3 is 4.42 Å². The van der Waals surface area contributed by atoms with Crippen LogP contribution in [0.1, 0.15) is 18.4 Å². The van der Waals surface area contributed by atoms with Crippen molar-refractivity contribution in [2.45, 2.75) is 19.4 Å². The van der Waals surface area contributed by atoms with E-state index in [0.717, 1.165) is 43.8 Å². The summed E-state index contributed by atoms with van der Waals surface area (Å²) in [6.45, 7) is 2.78. The van der Waals surface area contributed by atoms with E-state index in [0.29, 0.717) is 5.75 Å². The predicted molar refractivity (Wildman–Crippen MR) is 91.9 cm³/mol. The summed E-state index contributed by atoms with van der Waals surface area (Å²) in [5.74, 6) is 1.45. The Morgan fingerprint density at radius 3 is 2.65 bits per heavy atom. The summed E-state index contributed by atoms with van der Waals surface area (Å²) in [4.78, 5) is 2.36. The van der Waals surface area contributed by atoms with Gasteiger partial charge in [0, 0.05) is 24.9 Å². The lowest BCUT2D eigenvalue weighted by Crippen LogP contribution is -2.37. The number of piperidine rings is 1. The molecule has 0 N–H and O–H groups in total. The van der Waals surface area contributed by atoms with Crippen molar-refractivity contribution in [2.24, 2.45) is 5.92 Å². The number of rotatable bonds is 5. The van der Waals surface area contributed by atoms with Gasteiger partial charge in [0.15, 0.2) is 0 Å². The molecule has 0 unspecified atom stereocenters. The molecule has 5 heteroatoms. The average molecular weight is 333 g/mol. The highest BCUT2D eigenvalue weighted by atomic mass is 32.2. The summed E-state index contributed by atoms with van der Waals surface area (Å²) >= 11 is 0. The van der Waals surface area contributed by atoms with Crippen molar-refractivity contribution < 1.29 is 12.8 Å². The molecule has 0 saturated carbocycles. The number of hydrogen-bond acceptors (Lipinski definition) is 4. The number of likely N-dealkylation sites (tertiary alicyclic amines) is 1. The predicted octanol–water partition coefficient (Wildman–Crippen LogP) is 3.20. The highest BCUT2D eigenvalue weighted by Crippen LogP contribution is 2.23. The molecule has 2 heterocycles. The van der Waals surface area contributed by atoms with Crippen LogP contribution in [-0.4, -0.2) is 38.4 Å². The Labute approximate surface area is 138 Å². The van der Waals surface area contributed by atoms with Gasteiger partial charge in [-0.05, 0) is 43.0 Å². The van der Waals surface area contributed by atoms with Crippen LogP contribution < -0.4 is 0 Å². The largest absolute Gasteiger partial charge is 0.464 e. The molecule has 1 saturated heterocycles.